The van der Waals surface area contributed by atoms with E-state index < -0.39 is 0 Å². The van der Waals surface area contributed by atoms with Gasteiger partial charge < -0.3 is 10.1 Å². The third-order valence-corrected chi connectivity index (χ3v) is 3.51. The second-order valence-electron chi connectivity index (χ2n) is 4.29. The molecule has 4 nitrogen and oxygen atoms in total. The molecule has 0 amide bonds. The Labute approximate surface area is 99.4 Å². The lowest BCUT2D eigenvalue weighted by atomic mass is 10.1. The Kier molecular flexibility index (Phi) is 2.79. The summed E-state index contributed by atoms with van der Waals surface area (Å²) in [5, 5.41) is 3.94. The molecule has 16 heavy (non-hydrogen) atoms. The van der Waals surface area contributed by atoms with Gasteiger partial charge in [-0.15, -0.1) is 0 Å². The maximum absolute atomic E-state index is 6.21. The van der Waals surface area contributed by atoms with Crippen LogP contribution in [0.5, 0.6) is 0 Å². The predicted molar refractivity (Wildman–Crippen MR) is 60.6 cm³/mol. The van der Waals surface area contributed by atoms with E-state index in [2.05, 4.69) is 15.3 Å². The zero-order valence-corrected chi connectivity index (χ0v) is 9.76. The van der Waals surface area contributed by atoms with E-state index in [0.29, 0.717) is 11.1 Å². The molecule has 0 aromatic carbocycles. The minimum absolute atomic E-state index is 0.324. The van der Waals surface area contributed by atoms with Crippen molar-refractivity contribution in [2.24, 2.45) is 0 Å². The summed E-state index contributed by atoms with van der Waals surface area (Å²) in [6.45, 7) is 3.30. The van der Waals surface area contributed by atoms with E-state index in [4.69, 9.17) is 16.3 Å². The molecule has 2 aliphatic heterocycles. The number of hydrogen-bond donors (Lipinski definition) is 1. The number of rotatable bonds is 1. The van der Waals surface area contributed by atoms with Gasteiger partial charge in [0.15, 0.2) is 0 Å². The van der Waals surface area contributed by atoms with Crippen LogP contribution in [0.2, 0.25) is 5.15 Å². The van der Waals surface area contributed by atoms with E-state index in [1.54, 1.807) is 0 Å². The van der Waals surface area contributed by atoms with Gasteiger partial charge in [0.25, 0.3) is 0 Å². The van der Waals surface area contributed by atoms with E-state index in [1.807, 2.05) is 0 Å². The summed E-state index contributed by atoms with van der Waals surface area (Å²) in [5.74, 6) is 1.18. The summed E-state index contributed by atoms with van der Waals surface area (Å²) >= 11 is 6.21. The molecule has 1 aromatic rings. The first-order chi connectivity index (χ1) is 7.84. The zero-order valence-electron chi connectivity index (χ0n) is 9.00. The van der Waals surface area contributed by atoms with Crippen LogP contribution in [-0.2, 0) is 17.7 Å². The second kappa shape index (κ2) is 4.28. The van der Waals surface area contributed by atoms with Crippen LogP contribution >= 0.6 is 11.6 Å². The molecular formula is C11H14ClN3O. The van der Waals surface area contributed by atoms with Gasteiger partial charge in [-0.25, -0.2) is 9.97 Å². The number of aromatic nitrogens is 2. The van der Waals surface area contributed by atoms with Gasteiger partial charge in [-0.2, -0.15) is 0 Å². The summed E-state index contributed by atoms with van der Waals surface area (Å²) < 4.78 is 5.36. The molecule has 1 fully saturated rings. The molecule has 1 aromatic heterocycles. The molecule has 1 N–H and O–H groups in total. The van der Waals surface area contributed by atoms with Crippen molar-refractivity contribution in [2.75, 3.05) is 19.8 Å². The summed E-state index contributed by atoms with van der Waals surface area (Å²) in [4.78, 5) is 9.03. The molecule has 0 radical (unpaired) electrons. The lowest BCUT2D eigenvalue weighted by molar-refractivity contribution is 0.193. The van der Waals surface area contributed by atoms with E-state index in [-0.39, 0.29) is 0 Å². The minimum Gasteiger partial charge on any atom is -0.381 e. The van der Waals surface area contributed by atoms with Crippen molar-refractivity contribution in [3.05, 3.63) is 22.2 Å². The molecule has 1 atom stereocenters. The fraction of sp³-hybridized carbons (Fsp3) is 0.636. The topological polar surface area (TPSA) is 47.0 Å². The normalized spacial score (nSPS) is 24.4. The Hall–Kier alpha value is -0.710. The van der Waals surface area contributed by atoms with Gasteiger partial charge in [0, 0.05) is 24.6 Å². The monoisotopic (exact) mass is 239 g/mol. The molecule has 3 heterocycles. The highest BCUT2D eigenvalue weighted by atomic mass is 35.5. The van der Waals surface area contributed by atoms with Gasteiger partial charge in [0.05, 0.1) is 12.3 Å². The van der Waals surface area contributed by atoms with Gasteiger partial charge >= 0.3 is 0 Å². The predicted octanol–water partition coefficient (Wildman–Crippen LogP) is 1.28. The van der Waals surface area contributed by atoms with E-state index in [0.717, 1.165) is 56.2 Å². The van der Waals surface area contributed by atoms with Crippen LogP contribution in [0.1, 0.15) is 29.4 Å². The van der Waals surface area contributed by atoms with Crippen molar-refractivity contribution in [3.63, 3.8) is 0 Å². The lowest BCUT2D eigenvalue weighted by Crippen LogP contribution is -2.26. The lowest BCUT2D eigenvalue weighted by Gasteiger charge is -2.18. The van der Waals surface area contributed by atoms with E-state index >= 15 is 0 Å². The smallest absolute Gasteiger partial charge is 0.136 e. The maximum Gasteiger partial charge on any atom is 0.136 e. The van der Waals surface area contributed by atoms with Crippen molar-refractivity contribution >= 4 is 11.6 Å². The van der Waals surface area contributed by atoms with Crippen LogP contribution in [0.3, 0.4) is 0 Å². The molecule has 1 saturated heterocycles. The Morgan fingerprint density at radius 3 is 3.12 bits per heavy atom. The fourth-order valence-corrected chi connectivity index (χ4v) is 2.54. The number of nitrogens with one attached hydrogen (secondary N) is 1. The largest absolute Gasteiger partial charge is 0.381 e. The molecular weight excluding hydrogens is 226 g/mol. The molecule has 5 heteroatoms. The van der Waals surface area contributed by atoms with Crippen LogP contribution in [0.15, 0.2) is 0 Å². The summed E-state index contributed by atoms with van der Waals surface area (Å²) in [7, 11) is 0. The summed E-state index contributed by atoms with van der Waals surface area (Å²) in [6.07, 6.45) is 1.93. The van der Waals surface area contributed by atoms with Crippen molar-refractivity contribution in [1.29, 1.82) is 0 Å². The number of fused-ring (bicyclic) bond motifs is 1. The molecule has 0 bridgehead atoms. The Bertz CT molecular complexity index is 404. The Morgan fingerprint density at radius 1 is 1.38 bits per heavy atom. The number of ether oxygens (including phenoxy) is 1. The van der Waals surface area contributed by atoms with Gasteiger partial charge in [-0.3, -0.25) is 0 Å². The number of hydrogen-bond acceptors (Lipinski definition) is 4. The van der Waals surface area contributed by atoms with E-state index in [9.17, 15) is 0 Å². The standard InChI is InChI=1S/C11H14ClN3O/c12-10-8-1-3-13-5-9(8)14-11(15-10)7-2-4-16-6-7/h7,13H,1-6H2. The van der Waals surface area contributed by atoms with Crippen molar-refractivity contribution in [2.45, 2.75) is 25.3 Å². The van der Waals surface area contributed by atoms with Crippen LogP contribution in [0.4, 0.5) is 0 Å². The van der Waals surface area contributed by atoms with Crippen LogP contribution in [0.25, 0.3) is 0 Å². The van der Waals surface area contributed by atoms with Crippen LogP contribution < -0.4 is 5.32 Å². The Balaban J connectivity index is 1.97. The SMILES string of the molecule is Clc1nc(C2CCOC2)nc2c1CCNC2. The van der Waals surface area contributed by atoms with E-state index in [1.165, 1.54) is 0 Å². The summed E-state index contributed by atoms with van der Waals surface area (Å²) in [6, 6.07) is 0. The van der Waals surface area contributed by atoms with Gasteiger partial charge in [-0.05, 0) is 19.4 Å². The van der Waals surface area contributed by atoms with Crippen LogP contribution in [-0.4, -0.2) is 29.7 Å². The van der Waals surface area contributed by atoms with Crippen molar-refractivity contribution in [1.82, 2.24) is 15.3 Å². The number of halogens is 1. The third-order valence-electron chi connectivity index (χ3n) is 3.20. The molecule has 3 rings (SSSR count). The first kappa shape index (κ1) is 10.4. The molecule has 0 spiro atoms. The van der Waals surface area contributed by atoms with Gasteiger partial charge in [0.2, 0.25) is 0 Å². The summed E-state index contributed by atoms with van der Waals surface area (Å²) in [5.41, 5.74) is 2.18. The highest BCUT2D eigenvalue weighted by Gasteiger charge is 2.24. The first-order valence-electron chi connectivity index (χ1n) is 5.68. The molecule has 1 unspecified atom stereocenters. The third kappa shape index (κ3) is 1.81. The second-order valence-corrected chi connectivity index (χ2v) is 4.64. The zero-order chi connectivity index (χ0) is 11.0. The molecule has 0 saturated carbocycles. The number of nitrogens with zero attached hydrogens (tertiary/aromatic N) is 2. The quantitative estimate of drug-likeness (QED) is 0.750. The molecule has 86 valence electrons. The Morgan fingerprint density at radius 2 is 2.31 bits per heavy atom. The fourth-order valence-electron chi connectivity index (χ4n) is 2.25. The minimum atomic E-state index is 0.324. The highest BCUT2D eigenvalue weighted by molar-refractivity contribution is 6.30. The molecule has 0 aliphatic carbocycles. The van der Waals surface area contributed by atoms with Crippen molar-refractivity contribution < 1.29 is 4.74 Å². The van der Waals surface area contributed by atoms with Crippen molar-refractivity contribution in [3.8, 4) is 0 Å². The average Bonchev–Trinajstić information content (AvgIpc) is 2.82. The van der Waals surface area contributed by atoms with Gasteiger partial charge in [0.1, 0.15) is 11.0 Å². The molecule has 2 aliphatic rings. The first-order valence-corrected chi connectivity index (χ1v) is 6.06. The van der Waals surface area contributed by atoms with Crippen LogP contribution in [0, 0.1) is 0 Å². The maximum atomic E-state index is 6.21. The average molecular weight is 240 g/mol. The highest BCUT2D eigenvalue weighted by Crippen LogP contribution is 2.27. The van der Waals surface area contributed by atoms with Gasteiger partial charge in [-0.1, -0.05) is 11.6 Å².